The Balaban J connectivity index is 1.38. The lowest BCUT2D eigenvalue weighted by atomic mass is 9.99. The highest BCUT2D eigenvalue weighted by Gasteiger charge is 2.31. The first-order valence-electron chi connectivity index (χ1n) is 9.51. The Labute approximate surface area is 146 Å². The third-order valence-corrected chi connectivity index (χ3v) is 5.83. The second kappa shape index (κ2) is 8.11. The lowest BCUT2D eigenvalue weighted by molar-refractivity contribution is -0.133. The topological polar surface area (TPSA) is 36.4 Å². The lowest BCUT2D eigenvalue weighted by Gasteiger charge is -2.37. The van der Waals surface area contributed by atoms with E-state index in [1.165, 1.54) is 18.5 Å². The van der Waals surface area contributed by atoms with Gasteiger partial charge in [-0.15, -0.1) is 0 Å². The van der Waals surface area contributed by atoms with E-state index in [0.29, 0.717) is 17.9 Å². The summed E-state index contributed by atoms with van der Waals surface area (Å²) in [5.74, 6) is 1.73. The molecular formula is C20H31N3O. The van der Waals surface area contributed by atoms with Crippen LogP contribution >= 0.6 is 0 Å². The van der Waals surface area contributed by atoms with E-state index < -0.39 is 0 Å². The van der Waals surface area contributed by atoms with Crippen molar-refractivity contribution < 1.29 is 4.79 Å². The summed E-state index contributed by atoms with van der Waals surface area (Å²) in [5.41, 5.74) is 1.17. The quantitative estimate of drug-likeness (QED) is 0.771. The molecule has 0 radical (unpaired) electrons. The number of pyridine rings is 1. The van der Waals surface area contributed by atoms with Gasteiger partial charge in [0.15, 0.2) is 0 Å². The Morgan fingerprint density at radius 1 is 1.29 bits per heavy atom. The van der Waals surface area contributed by atoms with Gasteiger partial charge in [-0.25, -0.2) is 0 Å². The second-order valence-electron chi connectivity index (χ2n) is 7.67. The Morgan fingerprint density at radius 3 is 2.67 bits per heavy atom. The lowest BCUT2D eigenvalue weighted by Crippen LogP contribution is -2.46. The standard InChI is InChI=1S/C20H31N3O/c1-16(17-6-7-17)15-20(24)22(2)19-9-13-23(14-10-19)12-8-18-5-3-4-11-21-18/h3-5,11,16-17,19H,6-10,12-15H2,1-2H3. The molecule has 1 unspecified atom stereocenters. The number of hydrogen-bond donors (Lipinski definition) is 0. The summed E-state index contributed by atoms with van der Waals surface area (Å²) < 4.78 is 0. The van der Waals surface area contributed by atoms with Crippen LogP contribution in [0.2, 0.25) is 0 Å². The number of carbonyl (C=O) groups is 1. The van der Waals surface area contributed by atoms with Gasteiger partial charge in [-0.05, 0) is 49.7 Å². The number of piperidine rings is 1. The maximum absolute atomic E-state index is 12.5. The molecule has 1 aliphatic heterocycles. The number of hydrogen-bond acceptors (Lipinski definition) is 3. The summed E-state index contributed by atoms with van der Waals surface area (Å²) in [7, 11) is 2.01. The van der Waals surface area contributed by atoms with Crippen LogP contribution < -0.4 is 0 Å². The van der Waals surface area contributed by atoms with Crippen molar-refractivity contribution in [1.82, 2.24) is 14.8 Å². The molecule has 4 heteroatoms. The molecule has 1 saturated heterocycles. The highest BCUT2D eigenvalue weighted by molar-refractivity contribution is 5.76. The number of amides is 1. The third kappa shape index (κ3) is 4.79. The molecule has 4 nitrogen and oxygen atoms in total. The molecule has 2 aliphatic rings. The molecule has 2 fully saturated rings. The van der Waals surface area contributed by atoms with Gasteiger partial charge in [0.25, 0.3) is 0 Å². The molecule has 3 rings (SSSR count). The zero-order chi connectivity index (χ0) is 16.9. The predicted octanol–water partition coefficient (Wildman–Crippen LogP) is 2.98. The maximum atomic E-state index is 12.5. The first kappa shape index (κ1) is 17.4. The molecule has 1 aromatic heterocycles. The van der Waals surface area contributed by atoms with Gasteiger partial charge in [0, 0.05) is 57.5 Å². The molecular weight excluding hydrogens is 298 g/mol. The van der Waals surface area contributed by atoms with Crippen LogP contribution in [0.25, 0.3) is 0 Å². The molecule has 0 N–H and O–H groups in total. The SMILES string of the molecule is CC(CC(=O)N(C)C1CCN(CCc2ccccn2)CC1)C1CC1. The highest BCUT2D eigenvalue weighted by Crippen LogP contribution is 2.38. The fraction of sp³-hybridized carbons (Fsp3) is 0.700. The summed E-state index contributed by atoms with van der Waals surface area (Å²) >= 11 is 0. The predicted molar refractivity (Wildman–Crippen MR) is 96.7 cm³/mol. The van der Waals surface area contributed by atoms with Crippen LogP contribution in [-0.2, 0) is 11.2 Å². The van der Waals surface area contributed by atoms with Gasteiger partial charge in [0.1, 0.15) is 0 Å². The van der Waals surface area contributed by atoms with Crippen LogP contribution in [0.1, 0.15) is 44.7 Å². The molecule has 0 aromatic carbocycles. The van der Waals surface area contributed by atoms with Crippen molar-refractivity contribution in [2.75, 3.05) is 26.7 Å². The van der Waals surface area contributed by atoms with Gasteiger partial charge >= 0.3 is 0 Å². The third-order valence-electron chi connectivity index (χ3n) is 5.83. The van der Waals surface area contributed by atoms with Gasteiger partial charge in [-0.2, -0.15) is 0 Å². The van der Waals surface area contributed by atoms with Gasteiger partial charge in [0.05, 0.1) is 0 Å². The molecule has 1 saturated carbocycles. The van der Waals surface area contributed by atoms with Gasteiger partial charge < -0.3 is 9.80 Å². The fourth-order valence-electron chi connectivity index (χ4n) is 3.80. The van der Waals surface area contributed by atoms with E-state index in [9.17, 15) is 4.79 Å². The summed E-state index contributed by atoms with van der Waals surface area (Å²) in [6.45, 7) is 5.49. The first-order chi connectivity index (χ1) is 11.6. The van der Waals surface area contributed by atoms with E-state index in [4.69, 9.17) is 0 Å². The molecule has 1 amide bonds. The van der Waals surface area contributed by atoms with Gasteiger partial charge in [-0.1, -0.05) is 13.0 Å². The normalized spacial score (nSPS) is 20.8. The molecule has 2 heterocycles. The summed E-state index contributed by atoms with van der Waals surface area (Å²) in [6.07, 6.45) is 8.47. The van der Waals surface area contributed by atoms with E-state index >= 15 is 0 Å². The number of aromatic nitrogens is 1. The molecule has 1 aliphatic carbocycles. The van der Waals surface area contributed by atoms with Crippen molar-refractivity contribution in [1.29, 1.82) is 0 Å². The van der Waals surface area contributed by atoms with E-state index in [1.807, 2.05) is 24.2 Å². The Morgan fingerprint density at radius 2 is 2.04 bits per heavy atom. The number of nitrogens with zero attached hydrogens (tertiary/aromatic N) is 3. The van der Waals surface area contributed by atoms with Crippen LogP contribution in [0.5, 0.6) is 0 Å². The average Bonchev–Trinajstić information content (AvgIpc) is 3.46. The van der Waals surface area contributed by atoms with Crippen LogP contribution in [-0.4, -0.2) is 53.4 Å². The zero-order valence-corrected chi connectivity index (χ0v) is 15.2. The Bertz CT molecular complexity index is 521. The molecule has 132 valence electrons. The molecule has 24 heavy (non-hydrogen) atoms. The van der Waals surface area contributed by atoms with E-state index in [-0.39, 0.29) is 0 Å². The van der Waals surface area contributed by atoms with Crippen LogP contribution in [0.3, 0.4) is 0 Å². The van der Waals surface area contributed by atoms with Crippen molar-refractivity contribution in [3.05, 3.63) is 30.1 Å². The minimum absolute atomic E-state index is 0.348. The van der Waals surface area contributed by atoms with Crippen LogP contribution in [0, 0.1) is 11.8 Å². The Hall–Kier alpha value is -1.42. The van der Waals surface area contributed by atoms with Crippen molar-refractivity contribution >= 4 is 5.91 Å². The molecule has 0 spiro atoms. The molecule has 1 atom stereocenters. The number of carbonyl (C=O) groups excluding carboxylic acids is 1. The number of rotatable bonds is 7. The smallest absolute Gasteiger partial charge is 0.222 e. The Kier molecular flexibility index (Phi) is 5.88. The summed E-state index contributed by atoms with van der Waals surface area (Å²) in [4.78, 5) is 21.4. The largest absolute Gasteiger partial charge is 0.343 e. The minimum atomic E-state index is 0.348. The monoisotopic (exact) mass is 329 g/mol. The van der Waals surface area contributed by atoms with E-state index in [1.54, 1.807) is 0 Å². The first-order valence-corrected chi connectivity index (χ1v) is 9.51. The van der Waals surface area contributed by atoms with E-state index in [2.05, 4.69) is 28.9 Å². The van der Waals surface area contributed by atoms with E-state index in [0.717, 1.165) is 51.2 Å². The highest BCUT2D eigenvalue weighted by atomic mass is 16.2. The minimum Gasteiger partial charge on any atom is -0.343 e. The fourth-order valence-corrected chi connectivity index (χ4v) is 3.80. The van der Waals surface area contributed by atoms with Crippen molar-refractivity contribution in [2.45, 2.75) is 51.5 Å². The zero-order valence-electron chi connectivity index (χ0n) is 15.2. The van der Waals surface area contributed by atoms with Crippen molar-refractivity contribution in [2.24, 2.45) is 11.8 Å². The van der Waals surface area contributed by atoms with Gasteiger partial charge in [-0.3, -0.25) is 9.78 Å². The summed E-state index contributed by atoms with van der Waals surface area (Å²) in [5, 5.41) is 0. The van der Waals surface area contributed by atoms with Gasteiger partial charge in [0.2, 0.25) is 5.91 Å². The van der Waals surface area contributed by atoms with Crippen LogP contribution in [0.4, 0.5) is 0 Å². The number of likely N-dealkylation sites (tertiary alicyclic amines) is 1. The average molecular weight is 329 g/mol. The second-order valence-corrected chi connectivity index (χ2v) is 7.67. The summed E-state index contributed by atoms with van der Waals surface area (Å²) in [6, 6.07) is 6.54. The molecule has 1 aromatic rings. The molecule has 0 bridgehead atoms. The van der Waals surface area contributed by atoms with Crippen LogP contribution in [0.15, 0.2) is 24.4 Å². The van der Waals surface area contributed by atoms with Crippen molar-refractivity contribution in [3.63, 3.8) is 0 Å². The maximum Gasteiger partial charge on any atom is 0.222 e. The van der Waals surface area contributed by atoms with Crippen molar-refractivity contribution in [3.8, 4) is 0 Å².